The number of piperidine rings is 1. The van der Waals surface area contributed by atoms with Gasteiger partial charge in [0.05, 0.1) is 0 Å². The second-order valence-electron chi connectivity index (χ2n) is 5.49. The molecule has 21 heavy (non-hydrogen) atoms. The summed E-state index contributed by atoms with van der Waals surface area (Å²) in [6.45, 7) is 4.63. The first-order chi connectivity index (χ1) is 10.3. The molecule has 0 saturated carbocycles. The molecule has 1 aromatic rings. The normalized spacial score (nSPS) is 18.6. The highest BCUT2D eigenvalue weighted by Gasteiger charge is 2.23. The number of nitrogens with zero attached hydrogens (tertiary/aromatic N) is 2. The maximum Gasteiger partial charge on any atom is 0.269 e. The molecule has 2 rings (SSSR count). The second kappa shape index (κ2) is 7.98. The maximum absolute atomic E-state index is 11.9. The zero-order valence-corrected chi connectivity index (χ0v) is 13.1. The van der Waals surface area contributed by atoms with Crippen LogP contribution in [0.25, 0.3) is 0 Å². The molecule has 1 unspecified atom stereocenters. The third kappa shape index (κ3) is 4.17. The molecule has 1 aliphatic heterocycles. The molecule has 116 valence electrons. The van der Waals surface area contributed by atoms with Crippen LogP contribution in [-0.2, 0) is 0 Å². The minimum absolute atomic E-state index is 0.0943. The van der Waals surface area contributed by atoms with Gasteiger partial charge in [-0.2, -0.15) is 0 Å². The van der Waals surface area contributed by atoms with Crippen LogP contribution in [0, 0.1) is 0 Å². The standard InChI is InChI=1S/C16H26N4O/c1-3-18-16(21)15-12-14(8-10-19-15)20-11-5-4-6-13(20)7-9-17-2/h8,10,12-13,17H,3-7,9,11H2,1-2H3,(H,18,21). The van der Waals surface area contributed by atoms with Gasteiger partial charge in [0, 0.05) is 31.0 Å². The summed E-state index contributed by atoms with van der Waals surface area (Å²) in [5, 5.41) is 6.04. The topological polar surface area (TPSA) is 57.3 Å². The Labute approximate surface area is 127 Å². The van der Waals surface area contributed by atoms with Crippen molar-refractivity contribution >= 4 is 11.6 Å². The molecule has 1 atom stereocenters. The van der Waals surface area contributed by atoms with E-state index in [1.807, 2.05) is 26.1 Å². The molecule has 1 amide bonds. The van der Waals surface area contributed by atoms with Crippen LogP contribution >= 0.6 is 0 Å². The fourth-order valence-electron chi connectivity index (χ4n) is 2.92. The molecule has 2 N–H and O–H groups in total. The van der Waals surface area contributed by atoms with E-state index in [2.05, 4.69) is 20.5 Å². The predicted molar refractivity (Wildman–Crippen MR) is 85.8 cm³/mol. The van der Waals surface area contributed by atoms with Crippen molar-refractivity contribution in [3.63, 3.8) is 0 Å². The summed E-state index contributed by atoms with van der Waals surface area (Å²) in [5.74, 6) is -0.0943. The fraction of sp³-hybridized carbons (Fsp3) is 0.625. The van der Waals surface area contributed by atoms with Gasteiger partial charge in [0.25, 0.3) is 5.91 Å². The predicted octanol–water partition coefficient (Wildman–Crippen LogP) is 1.80. The number of hydrogen-bond acceptors (Lipinski definition) is 4. The van der Waals surface area contributed by atoms with Crippen LogP contribution in [-0.4, -0.2) is 43.6 Å². The monoisotopic (exact) mass is 290 g/mol. The zero-order valence-electron chi connectivity index (χ0n) is 13.1. The van der Waals surface area contributed by atoms with E-state index in [-0.39, 0.29) is 5.91 Å². The Hall–Kier alpha value is -1.62. The van der Waals surface area contributed by atoms with Crippen molar-refractivity contribution in [1.29, 1.82) is 0 Å². The smallest absolute Gasteiger partial charge is 0.269 e. The SMILES string of the molecule is CCNC(=O)c1cc(N2CCCCC2CCNC)ccn1. The molecule has 1 aromatic heterocycles. The van der Waals surface area contributed by atoms with E-state index < -0.39 is 0 Å². The van der Waals surface area contributed by atoms with E-state index in [1.165, 1.54) is 19.3 Å². The van der Waals surface area contributed by atoms with Gasteiger partial charge in [-0.25, -0.2) is 0 Å². The van der Waals surface area contributed by atoms with Crippen molar-refractivity contribution < 1.29 is 4.79 Å². The van der Waals surface area contributed by atoms with Crippen molar-refractivity contribution in [1.82, 2.24) is 15.6 Å². The fourth-order valence-corrected chi connectivity index (χ4v) is 2.92. The van der Waals surface area contributed by atoms with E-state index in [9.17, 15) is 4.79 Å². The second-order valence-corrected chi connectivity index (χ2v) is 5.49. The van der Waals surface area contributed by atoms with Gasteiger partial charge in [-0.3, -0.25) is 9.78 Å². The number of carbonyl (C=O) groups excluding carboxylic acids is 1. The summed E-state index contributed by atoms with van der Waals surface area (Å²) >= 11 is 0. The van der Waals surface area contributed by atoms with Crippen LogP contribution < -0.4 is 15.5 Å². The lowest BCUT2D eigenvalue weighted by Crippen LogP contribution is -2.41. The molecule has 0 spiro atoms. The third-order valence-corrected chi connectivity index (χ3v) is 4.00. The Morgan fingerprint density at radius 2 is 2.33 bits per heavy atom. The zero-order chi connectivity index (χ0) is 15.1. The Bertz CT molecular complexity index is 463. The summed E-state index contributed by atoms with van der Waals surface area (Å²) in [6, 6.07) is 4.49. The molecule has 0 aliphatic carbocycles. The third-order valence-electron chi connectivity index (χ3n) is 4.00. The molecule has 5 nitrogen and oxygen atoms in total. The van der Waals surface area contributed by atoms with Gasteiger partial charge in [0.15, 0.2) is 0 Å². The van der Waals surface area contributed by atoms with Gasteiger partial charge in [-0.15, -0.1) is 0 Å². The molecule has 0 aromatic carbocycles. The van der Waals surface area contributed by atoms with E-state index in [1.54, 1.807) is 6.20 Å². The molecular formula is C16H26N4O. The van der Waals surface area contributed by atoms with Crippen molar-refractivity contribution in [2.24, 2.45) is 0 Å². The van der Waals surface area contributed by atoms with Gasteiger partial charge >= 0.3 is 0 Å². The van der Waals surface area contributed by atoms with Crippen molar-refractivity contribution in [2.45, 2.75) is 38.6 Å². The van der Waals surface area contributed by atoms with E-state index >= 15 is 0 Å². The lowest BCUT2D eigenvalue weighted by molar-refractivity contribution is 0.0951. The Morgan fingerprint density at radius 1 is 1.48 bits per heavy atom. The first-order valence-corrected chi connectivity index (χ1v) is 7.91. The molecule has 1 fully saturated rings. The first-order valence-electron chi connectivity index (χ1n) is 7.91. The van der Waals surface area contributed by atoms with Crippen LogP contribution in [0.4, 0.5) is 5.69 Å². The molecule has 0 bridgehead atoms. The minimum atomic E-state index is -0.0943. The minimum Gasteiger partial charge on any atom is -0.368 e. The first kappa shape index (κ1) is 15.8. The Morgan fingerprint density at radius 3 is 3.10 bits per heavy atom. The van der Waals surface area contributed by atoms with Crippen molar-refractivity contribution in [3.8, 4) is 0 Å². The Balaban J connectivity index is 2.14. The van der Waals surface area contributed by atoms with Crippen molar-refractivity contribution in [2.75, 3.05) is 31.6 Å². The average Bonchev–Trinajstić information content (AvgIpc) is 2.53. The number of rotatable bonds is 6. The van der Waals surface area contributed by atoms with E-state index in [0.29, 0.717) is 18.3 Å². The van der Waals surface area contributed by atoms with Crippen LogP contribution in [0.5, 0.6) is 0 Å². The van der Waals surface area contributed by atoms with Crippen LogP contribution in [0.15, 0.2) is 18.3 Å². The van der Waals surface area contributed by atoms with Gasteiger partial charge in [0.1, 0.15) is 5.69 Å². The summed E-state index contributed by atoms with van der Waals surface area (Å²) in [5.41, 5.74) is 1.62. The van der Waals surface area contributed by atoms with Gasteiger partial charge in [-0.05, 0) is 58.3 Å². The molecular weight excluding hydrogens is 264 g/mol. The molecule has 1 aliphatic rings. The molecule has 1 saturated heterocycles. The number of carbonyl (C=O) groups is 1. The summed E-state index contributed by atoms with van der Waals surface area (Å²) in [4.78, 5) is 18.6. The van der Waals surface area contributed by atoms with Crippen LogP contribution in [0.1, 0.15) is 43.1 Å². The average molecular weight is 290 g/mol. The van der Waals surface area contributed by atoms with Crippen LogP contribution in [0.2, 0.25) is 0 Å². The summed E-state index contributed by atoms with van der Waals surface area (Å²) in [6.07, 6.45) is 6.60. The highest BCUT2D eigenvalue weighted by molar-refractivity contribution is 5.93. The lowest BCUT2D eigenvalue weighted by atomic mass is 9.98. The lowest BCUT2D eigenvalue weighted by Gasteiger charge is -2.37. The van der Waals surface area contributed by atoms with E-state index in [0.717, 1.165) is 25.2 Å². The Kier molecular flexibility index (Phi) is 5.99. The van der Waals surface area contributed by atoms with Gasteiger partial charge in [-0.1, -0.05) is 0 Å². The largest absolute Gasteiger partial charge is 0.368 e. The number of pyridine rings is 1. The van der Waals surface area contributed by atoms with Crippen LogP contribution in [0.3, 0.4) is 0 Å². The number of hydrogen-bond donors (Lipinski definition) is 2. The highest BCUT2D eigenvalue weighted by Crippen LogP contribution is 2.26. The maximum atomic E-state index is 11.9. The highest BCUT2D eigenvalue weighted by atomic mass is 16.1. The molecule has 0 radical (unpaired) electrons. The van der Waals surface area contributed by atoms with Crippen molar-refractivity contribution in [3.05, 3.63) is 24.0 Å². The number of anilines is 1. The summed E-state index contributed by atoms with van der Waals surface area (Å²) < 4.78 is 0. The number of aromatic nitrogens is 1. The van der Waals surface area contributed by atoms with Gasteiger partial charge < -0.3 is 15.5 Å². The molecule has 2 heterocycles. The molecule has 5 heteroatoms. The quantitative estimate of drug-likeness (QED) is 0.839. The van der Waals surface area contributed by atoms with Gasteiger partial charge in [0.2, 0.25) is 0 Å². The number of amides is 1. The summed E-state index contributed by atoms with van der Waals surface area (Å²) in [7, 11) is 1.99. The number of nitrogens with one attached hydrogen (secondary N) is 2. The van der Waals surface area contributed by atoms with E-state index in [4.69, 9.17) is 0 Å².